The largest absolute Gasteiger partial charge is 0.446 e. The van der Waals surface area contributed by atoms with Gasteiger partial charge in [-0.25, -0.2) is 14.8 Å². The molecular weight excluding hydrogens is 403 g/mol. The number of rotatable bonds is 4. The monoisotopic (exact) mass is 425 g/mol. The Labute approximate surface area is 170 Å². The van der Waals surface area contributed by atoms with Crippen LogP contribution in [0, 0.1) is 6.92 Å². The molecule has 2 aromatic rings. The molecule has 1 saturated heterocycles. The van der Waals surface area contributed by atoms with Crippen LogP contribution in [0.3, 0.4) is 0 Å². The molecule has 1 fully saturated rings. The number of piperazine rings is 1. The van der Waals surface area contributed by atoms with Crippen LogP contribution in [0.5, 0.6) is 0 Å². The third-order valence-corrected chi connectivity index (χ3v) is 4.68. The maximum Gasteiger partial charge on any atom is 0.421 e. The van der Waals surface area contributed by atoms with E-state index in [4.69, 9.17) is 4.74 Å². The molecule has 0 aromatic carbocycles. The van der Waals surface area contributed by atoms with E-state index >= 15 is 0 Å². The number of carbonyl (C=O) groups is 1. The fraction of sp³-hybridized carbons (Fsp3) is 0.474. The molecule has 162 valence electrons. The summed E-state index contributed by atoms with van der Waals surface area (Å²) >= 11 is 0. The Bertz CT molecular complexity index is 938. The van der Waals surface area contributed by atoms with Gasteiger partial charge in [0.05, 0.1) is 0 Å². The van der Waals surface area contributed by atoms with Crippen molar-refractivity contribution in [3.8, 4) is 0 Å². The van der Waals surface area contributed by atoms with Gasteiger partial charge in [-0.2, -0.15) is 13.2 Å². The molecule has 1 aliphatic rings. The number of alkyl halides is 3. The standard InChI is InChI=1S/C19H22F3N5O3/c1-12-9-24-17(25-10-12)26-3-5-27(6-4-26)18(29)30-13(2)7-14-8-15(19(20,21)22)16(28)23-11-14/h8-11,13H,3-7H2,1-2H3,(H,23,28)/t13-/m0/s1. The van der Waals surface area contributed by atoms with Crippen LogP contribution < -0.4 is 10.5 Å². The predicted octanol–water partition coefficient (Wildman–Crippen LogP) is 2.38. The summed E-state index contributed by atoms with van der Waals surface area (Å²) in [4.78, 5) is 37.9. The van der Waals surface area contributed by atoms with Crippen molar-refractivity contribution < 1.29 is 22.7 Å². The lowest BCUT2D eigenvalue weighted by molar-refractivity contribution is -0.138. The first kappa shape index (κ1) is 21.6. The smallest absolute Gasteiger partial charge is 0.421 e. The molecule has 1 atom stereocenters. The van der Waals surface area contributed by atoms with Gasteiger partial charge in [0.15, 0.2) is 0 Å². The fourth-order valence-electron chi connectivity index (χ4n) is 3.12. The van der Waals surface area contributed by atoms with Gasteiger partial charge < -0.3 is 19.5 Å². The van der Waals surface area contributed by atoms with Crippen LogP contribution in [0.25, 0.3) is 0 Å². The molecule has 11 heteroatoms. The van der Waals surface area contributed by atoms with Gasteiger partial charge in [-0.05, 0) is 31.0 Å². The van der Waals surface area contributed by atoms with E-state index in [1.165, 1.54) is 11.1 Å². The number of aromatic amines is 1. The summed E-state index contributed by atoms with van der Waals surface area (Å²) in [5.74, 6) is 0.598. The molecule has 0 unspecified atom stereocenters. The minimum absolute atomic E-state index is 0.0444. The number of halogens is 3. The third-order valence-electron chi connectivity index (χ3n) is 4.68. The summed E-state index contributed by atoms with van der Waals surface area (Å²) in [5, 5.41) is 0. The van der Waals surface area contributed by atoms with E-state index in [-0.39, 0.29) is 12.0 Å². The normalized spacial score (nSPS) is 15.8. The van der Waals surface area contributed by atoms with Crippen molar-refractivity contribution in [2.75, 3.05) is 31.1 Å². The molecule has 3 heterocycles. The van der Waals surface area contributed by atoms with Gasteiger partial charge in [-0.1, -0.05) is 0 Å². The Hall–Kier alpha value is -3.11. The van der Waals surface area contributed by atoms with E-state index in [1.54, 1.807) is 19.3 Å². The number of hydrogen-bond acceptors (Lipinski definition) is 6. The number of ether oxygens (including phenoxy) is 1. The lowest BCUT2D eigenvalue weighted by atomic mass is 10.1. The number of carbonyl (C=O) groups excluding carboxylic acids is 1. The number of amides is 1. The van der Waals surface area contributed by atoms with Crippen LogP contribution in [0.15, 0.2) is 29.5 Å². The van der Waals surface area contributed by atoms with E-state index in [2.05, 4.69) is 15.0 Å². The van der Waals surface area contributed by atoms with Crippen LogP contribution in [0.4, 0.5) is 23.9 Å². The number of H-pyrrole nitrogens is 1. The van der Waals surface area contributed by atoms with Crippen LogP contribution >= 0.6 is 0 Å². The Morgan fingerprint density at radius 3 is 2.47 bits per heavy atom. The minimum Gasteiger partial charge on any atom is -0.446 e. The van der Waals surface area contributed by atoms with Gasteiger partial charge in [-0.15, -0.1) is 0 Å². The number of pyridine rings is 1. The van der Waals surface area contributed by atoms with Gasteiger partial charge in [0.1, 0.15) is 11.7 Å². The van der Waals surface area contributed by atoms with Crippen molar-refractivity contribution in [3.05, 3.63) is 51.7 Å². The van der Waals surface area contributed by atoms with Crippen molar-refractivity contribution in [1.82, 2.24) is 19.9 Å². The number of aryl methyl sites for hydroxylation is 1. The van der Waals surface area contributed by atoms with Gasteiger partial charge >= 0.3 is 12.3 Å². The average Bonchev–Trinajstić information content (AvgIpc) is 2.69. The molecular formula is C19H22F3N5O3. The molecule has 0 bridgehead atoms. The summed E-state index contributed by atoms with van der Waals surface area (Å²) in [6, 6.07) is 0.781. The molecule has 2 aromatic heterocycles. The van der Waals surface area contributed by atoms with Gasteiger partial charge in [0.2, 0.25) is 5.95 Å². The third kappa shape index (κ3) is 5.28. The Balaban J connectivity index is 1.53. The van der Waals surface area contributed by atoms with Crippen molar-refractivity contribution in [3.63, 3.8) is 0 Å². The highest BCUT2D eigenvalue weighted by Crippen LogP contribution is 2.27. The van der Waals surface area contributed by atoms with Crippen LogP contribution in [0.1, 0.15) is 23.6 Å². The Morgan fingerprint density at radius 2 is 1.87 bits per heavy atom. The number of nitrogens with one attached hydrogen (secondary N) is 1. The van der Waals surface area contributed by atoms with E-state index in [0.717, 1.165) is 11.6 Å². The van der Waals surface area contributed by atoms with Crippen molar-refractivity contribution in [2.24, 2.45) is 0 Å². The maximum absolute atomic E-state index is 12.9. The highest BCUT2D eigenvalue weighted by molar-refractivity contribution is 5.68. The summed E-state index contributed by atoms with van der Waals surface area (Å²) in [5.41, 5.74) is -1.29. The second kappa shape index (κ2) is 8.72. The van der Waals surface area contributed by atoms with E-state index in [1.807, 2.05) is 11.8 Å². The second-order valence-corrected chi connectivity index (χ2v) is 7.18. The fourth-order valence-corrected chi connectivity index (χ4v) is 3.12. The van der Waals surface area contributed by atoms with Crippen LogP contribution in [-0.4, -0.2) is 58.2 Å². The maximum atomic E-state index is 12.9. The molecule has 0 saturated carbocycles. The summed E-state index contributed by atoms with van der Waals surface area (Å²) < 4.78 is 44.0. The predicted molar refractivity (Wildman–Crippen MR) is 102 cm³/mol. The van der Waals surface area contributed by atoms with E-state index in [0.29, 0.717) is 32.1 Å². The van der Waals surface area contributed by atoms with Crippen LogP contribution in [0.2, 0.25) is 0 Å². The molecule has 0 spiro atoms. The molecule has 1 aliphatic heterocycles. The SMILES string of the molecule is Cc1cnc(N2CCN(C(=O)O[C@@H](C)Cc3c[nH]c(=O)c(C(F)(F)F)c3)CC2)nc1. The number of hydrogen-bond donors (Lipinski definition) is 1. The van der Waals surface area contributed by atoms with Crippen LogP contribution in [-0.2, 0) is 17.3 Å². The van der Waals surface area contributed by atoms with Gasteiger partial charge in [-0.3, -0.25) is 4.79 Å². The first-order chi connectivity index (χ1) is 14.1. The summed E-state index contributed by atoms with van der Waals surface area (Å²) in [7, 11) is 0. The van der Waals surface area contributed by atoms with Crippen molar-refractivity contribution in [2.45, 2.75) is 32.5 Å². The molecule has 0 radical (unpaired) electrons. The van der Waals surface area contributed by atoms with Crippen molar-refractivity contribution in [1.29, 1.82) is 0 Å². The van der Waals surface area contributed by atoms with Gasteiger partial charge in [0, 0.05) is 51.2 Å². The zero-order valence-electron chi connectivity index (χ0n) is 16.6. The lowest BCUT2D eigenvalue weighted by Gasteiger charge is -2.34. The minimum atomic E-state index is -4.75. The lowest BCUT2D eigenvalue weighted by Crippen LogP contribution is -2.50. The molecule has 30 heavy (non-hydrogen) atoms. The van der Waals surface area contributed by atoms with Gasteiger partial charge in [0.25, 0.3) is 5.56 Å². The second-order valence-electron chi connectivity index (χ2n) is 7.18. The molecule has 0 aliphatic carbocycles. The zero-order chi connectivity index (χ0) is 21.9. The highest BCUT2D eigenvalue weighted by atomic mass is 19.4. The average molecular weight is 425 g/mol. The topological polar surface area (TPSA) is 91.4 Å². The number of nitrogens with zero attached hydrogens (tertiary/aromatic N) is 4. The summed E-state index contributed by atoms with van der Waals surface area (Å²) in [6.45, 7) is 5.41. The Morgan fingerprint density at radius 1 is 1.23 bits per heavy atom. The quantitative estimate of drug-likeness (QED) is 0.809. The molecule has 1 amide bonds. The summed E-state index contributed by atoms with van der Waals surface area (Å²) in [6.07, 6.45) is -1.25. The number of aromatic nitrogens is 3. The van der Waals surface area contributed by atoms with E-state index < -0.39 is 29.5 Å². The molecule has 8 nitrogen and oxygen atoms in total. The van der Waals surface area contributed by atoms with E-state index in [9.17, 15) is 22.8 Å². The Kier molecular flexibility index (Phi) is 6.28. The zero-order valence-corrected chi connectivity index (χ0v) is 16.6. The molecule has 3 rings (SSSR count). The van der Waals surface area contributed by atoms with Crippen molar-refractivity contribution >= 4 is 12.0 Å². The molecule has 1 N–H and O–H groups in total. The first-order valence-corrected chi connectivity index (χ1v) is 9.41. The number of anilines is 1. The highest BCUT2D eigenvalue weighted by Gasteiger charge is 2.34. The first-order valence-electron chi connectivity index (χ1n) is 9.41.